The van der Waals surface area contributed by atoms with Gasteiger partial charge in [0.15, 0.2) is 0 Å². The molecule has 0 aliphatic carbocycles. The topological polar surface area (TPSA) is 52.8 Å². The SMILES string of the molecule is CC(C)(C)O.CC(C)[N]=[Nb].OC(C(F)(F)F)(C(F)(F)F)C(F)(F)F.[CH3-]. The van der Waals surface area contributed by atoms with Gasteiger partial charge >= 0.3 is 68.2 Å². The normalized spacial score (nSPS) is 13.0. The number of aliphatic hydroxyl groups is 2. The molecular weight excluding hydrogens is 454 g/mol. The summed E-state index contributed by atoms with van der Waals surface area (Å²) in [5.41, 5.74) is -7.19. The molecule has 0 aliphatic rings. The van der Waals surface area contributed by atoms with Crippen molar-refractivity contribution >= 4 is 0 Å². The van der Waals surface area contributed by atoms with Gasteiger partial charge in [-0.15, -0.1) is 0 Å². The van der Waals surface area contributed by atoms with E-state index in [4.69, 9.17) is 10.2 Å². The summed E-state index contributed by atoms with van der Waals surface area (Å²) in [7, 11) is 0. The van der Waals surface area contributed by atoms with Gasteiger partial charge in [0.2, 0.25) is 0 Å². The molecule has 3 nitrogen and oxygen atoms in total. The summed E-state index contributed by atoms with van der Waals surface area (Å²) in [4.78, 5) is 0. The molecule has 0 atom stereocenters. The first-order valence-electron chi connectivity index (χ1n) is 6.01. The molecule has 0 aromatic heterocycles. The average molecular weight is 475 g/mol. The van der Waals surface area contributed by atoms with E-state index in [9.17, 15) is 39.5 Å². The third kappa shape index (κ3) is 13.7. The zero-order chi connectivity index (χ0) is 20.8. The second-order valence-corrected chi connectivity index (χ2v) is 6.15. The second kappa shape index (κ2) is 10.9. The van der Waals surface area contributed by atoms with E-state index in [-0.39, 0.29) is 7.43 Å². The third-order valence-electron chi connectivity index (χ3n) is 1.46. The van der Waals surface area contributed by atoms with Crippen molar-refractivity contribution < 1.29 is 70.6 Å². The molecule has 0 spiro atoms. The molecule has 0 rings (SSSR count). The Hall–Kier alpha value is -0.170. The molecule has 0 aliphatic heterocycles. The summed E-state index contributed by atoms with van der Waals surface area (Å²) in [6.07, 6.45) is -20.6. The molecule has 0 saturated carbocycles. The predicted octanol–water partition coefficient (Wildman–Crippen LogP) is 4.76. The third-order valence-corrected chi connectivity index (χ3v) is 2.60. The molecule has 0 aromatic carbocycles. The average Bonchev–Trinajstić information content (AvgIpc) is 2.21. The quantitative estimate of drug-likeness (QED) is 0.327. The van der Waals surface area contributed by atoms with Crippen molar-refractivity contribution in [3.63, 3.8) is 0 Å². The number of hydrogen-bond acceptors (Lipinski definition) is 3. The number of rotatable bonds is 1. The van der Waals surface area contributed by atoms with Gasteiger partial charge in [-0.1, -0.05) is 0 Å². The summed E-state index contributed by atoms with van der Waals surface area (Å²) < 4.78 is 107. The fourth-order valence-corrected chi connectivity index (χ4v) is 0.482. The first kappa shape index (κ1) is 32.5. The van der Waals surface area contributed by atoms with Crippen molar-refractivity contribution in [1.82, 2.24) is 0 Å². The van der Waals surface area contributed by atoms with Crippen LogP contribution in [0.3, 0.4) is 0 Å². The van der Waals surface area contributed by atoms with Crippen molar-refractivity contribution in [3.8, 4) is 0 Å². The first-order valence-corrected chi connectivity index (χ1v) is 6.99. The minimum Gasteiger partial charge on any atom is -0.367 e. The summed E-state index contributed by atoms with van der Waals surface area (Å²) in [5, 5.41) is 16.2. The molecule has 0 aromatic rings. The molecule has 0 unspecified atom stereocenters. The van der Waals surface area contributed by atoms with Crippen LogP contribution in [0, 0.1) is 7.43 Å². The van der Waals surface area contributed by atoms with Gasteiger partial charge in [0.05, 0.1) is 5.60 Å². The first-order chi connectivity index (χ1) is 10.0. The van der Waals surface area contributed by atoms with Crippen molar-refractivity contribution in [2.75, 3.05) is 0 Å². The Morgan fingerprint density at radius 3 is 0.840 bits per heavy atom. The maximum atomic E-state index is 11.4. The molecule has 155 valence electrons. The maximum Gasteiger partial charge on any atom is 0.435 e. The van der Waals surface area contributed by atoms with Crippen molar-refractivity contribution in [1.29, 1.82) is 0 Å². The number of alkyl halides is 9. The van der Waals surface area contributed by atoms with E-state index >= 15 is 0 Å². The summed E-state index contributed by atoms with van der Waals surface area (Å²) in [6.45, 7) is 9.37. The zero-order valence-electron chi connectivity index (χ0n) is 14.3. The molecule has 0 bridgehead atoms. The van der Waals surface area contributed by atoms with Gasteiger partial charge in [0.1, 0.15) is 0 Å². The Balaban J connectivity index is -0.000000166. The summed E-state index contributed by atoms with van der Waals surface area (Å²) in [6, 6.07) is 0.531. The van der Waals surface area contributed by atoms with E-state index in [1.54, 1.807) is 20.8 Å². The van der Waals surface area contributed by atoms with Crippen LogP contribution in [0.2, 0.25) is 0 Å². The Labute approximate surface area is 152 Å². The van der Waals surface area contributed by atoms with Crippen LogP contribution >= 0.6 is 0 Å². The Morgan fingerprint density at radius 1 is 0.720 bits per heavy atom. The molecule has 0 amide bonds. The molecule has 0 radical (unpaired) electrons. The monoisotopic (exact) mass is 475 g/mol. The Morgan fingerprint density at radius 2 is 0.840 bits per heavy atom. The van der Waals surface area contributed by atoms with Crippen LogP contribution in [0.25, 0.3) is 0 Å². The Bertz CT molecular complexity index is 329. The molecule has 25 heavy (non-hydrogen) atoms. The molecule has 2 N–H and O–H groups in total. The molecule has 0 saturated heterocycles. The summed E-state index contributed by atoms with van der Waals surface area (Å²) >= 11 is 1.53. The van der Waals surface area contributed by atoms with E-state index in [0.29, 0.717) is 6.04 Å². The van der Waals surface area contributed by atoms with Gasteiger partial charge in [0, 0.05) is 0 Å². The van der Waals surface area contributed by atoms with Gasteiger partial charge in [-0.2, -0.15) is 39.5 Å². The van der Waals surface area contributed by atoms with E-state index in [1.807, 2.05) is 0 Å². The number of hydrogen-bond donors (Lipinski definition) is 2. The van der Waals surface area contributed by atoms with Crippen LogP contribution in [-0.2, 0) is 20.9 Å². The van der Waals surface area contributed by atoms with Crippen LogP contribution in [-0.4, -0.2) is 46.0 Å². The second-order valence-electron chi connectivity index (χ2n) is 5.58. The van der Waals surface area contributed by atoms with Gasteiger partial charge < -0.3 is 17.6 Å². The van der Waals surface area contributed by atoms with E-state index in [2.05, 4.69) is 17.2 Å². The summed E-state index contributed by atoms with van der Waals surface area (Å²) in [5.74, 6) is 0. The largest absolute Gasteiger partial charge is 0.435 e. The zero-order valence-corrected chi connectivity index (χ0v) is 16.5. The predicted molar refractivity (Wildman–Crippen MR) is 69.1 cm³/mol. The van der Waals surface area contributed by atoms with Gasteiger partial charge in [-0.05, 0) is 20.8 Å². The maximum absolute atomic E-state index is 11.4. The molecule has 13 heteroatoms. The number of nitrogens with zero attached hydrogens (tertiary/aromatic N) is 1. The van der Waals surface area contributed by atoms with Crippen molar-refractivity contribution in [3.05, 3.63) is 7.43 Å². The van der Waals surface area contributed by atoms with Gasteiger partial charge in [-0.25, -0.2) is 0 Å². The Kier molecular flexibility index (Phi) is 14.1. The van der Waals surface area contributed by atoms with Crippen LogP contribution in [0.4, 0.5) is 39.5 Å². The smallest absolute Gasteiger partial charge is 0.367 e. The molecule has 0 fully saturated rings. The minimum absolute atomic E-state index is 0. The van der Waals surface area contributed by atoms with Crippen LogP contribution < -0.4 is 0 Å². The fourth-order valence-electron chi connectivity index (χ4n) is 0.482. The van der Waals surface area contributed by atoms with Crippen LogP contribution in [0.5, 0.6) is 0 Å². The van der Waals surface area contributed by atoms with Crippen molar-refractivity contribution in [2.45, 2.75) is 70.4 Å². The van der Waals surface area contributed by atoms with E-state index < -0.39 is 29.7 Å². The van der Waals surface area contributed by atoms with Crippen LogP contribution in [0.15, 0.2) is 3.34 Å². The van der Waals surface area contributed by atoms with Crippen molar-refractivity contribution in [2.24, 2.45) is 3.34 Å². The molecular formula is C12H21F9NNbO2-. The van der Waals surface area contributed by atoms with Gasteiger partial charge in [-0.3, -0.25) is 0 Å². The standard InChI is InChI=1S/C4HF9O.C4H10O.C3H7N.CH3.Nb/c5-2(6,7)1(14,3(8,9)10)4(11,12)13;1-4(2,3)5;1-3(2)4;;/h14H;5H,1-3H3;3H,1-2H3;1H3;/q;;;-1;. The minimum atomic E-state index is -6.87. The fraction of sp³-hybridized carbons (Fsp3) is 0.917. The van der Waals surface area contributed by atoms with Crippen LogP contribution in [0.1, 0.15) is 34.6 Å². The van der Waals surface area contributed by atoms with E-state index in [0.717, 1.165) is 0 Å². The number of halogens is 9. The molecule has 0 heterocycles. The van der Waals surface area contributed by atoms with Gasteiger partial charge in [0.25, 0.3) is 0 Å². The van der Waals surface area contributed by atoms with E-state index in [1.165, 1.54) is 20.9 Å².